The molecule has 12 nitrogen and oxygen atoms in total. The van der Waals surface area contributed by atoms with Gasteiger partial charge in [0.05, 0.1) is 0 Å². The van der Waals surface area contributed by atoms with E-state index in [1.165, 1.54) is 0 Å². The number of hydrogen-bond donors (Lipinski definition) is 5. The summed E-state index contributed by atoms with van der Waals surface area (Å²) >= 11 is 0. The summed E-state index contributed by atoms with van der Waals surface area (Å²) in [7, 11) is -7.47. The fourth-order valence-electron chi connectivity index (χ4n) is 3.39. The van der Waals surface area contributed by atoms with Gasteiger partial charge in [0, 0.05) is 6.92 Å². The van der Waals surface area contributed by atoms with Crippen LogP contribution in [-0.4, -0.2) is 96.7 Å². The second-order valence-electron chi connectivity index (χ2n) is 6.98. The maximum Gasteiger partial charge on any atom is 0.500 e. The van der Waals surface area contributed by atoms with Gasteiger partial charge in [-0.05, 0) is 20.8 Å². The number of carbonyl (C=O) groups excluding carboxylic acids is 4. The fraction of sp³-hybridized carbons (Fsp3) is 0.733. The first kappa shape index (κ1) is 27.2. The third kappa shape index (κ3) is 3.00. The van der Waals surface area contributed by atoms with Crippen molar-refractivity contribution in [2.24, 2.45) is 0 Å². The van der Waals surface area contributed by atoms with Crippen molar-refractivity contribution in [1.82, 2.24) is 0 Å². The zero-order valence-corrected chi connectivity index (χ0v) is 17.1. The van der Waals surface area contributed by atoms with Crippen molar-refractivity contribution in [3.05, 3.63) is 0 Å². The van der Waals surface area contributed by atoms with Crippen LogP contribution in [0, 0.1) is 0 Å². The van der Waals surface area contributed by atoms with Crippen molar-refractivity contribution in [1.29, 1.82) is 0 Å². The lowest BCUT2D eigenvalue weighted by atomic mass is 9.64. The SMILES string of the molecule is CC(=O)C(O)[C@H]1OC(O)(C(C)=O)[C@@](O)(S(=O)(=O)C(F)(F)F)[C@](O)(C(C)=O)[C@]1(O)C(C)=O. The second kappa shape index (κ2) is 7.36. The van der Waals surface area contributed by atoms with Gasteiger partial charge in [-0.1, -0.05) is 0 Å². The van der Waals surface area contributed by atoms with Gasteiger partial charge in [0.15, 0.2) is 28.7 Å². The Hall–Kier alpha value is -1.82. The number of aliphatic hydroxyl groups is 5. The average Bonchev–Trinajstić information content (AvgIpc) is 2.60. The maximum atomic E-state index is 13.4. The predicted molar refractivity (Wildman–Crippen MR) is 88.4 cm³/mol. The van der Waals surface area contributed by atoms with E-state index in [9.17, 15) is 66.3 Å². The van der Waals surface area contributed by atoms with Gasteiger partial charge < -0.3 is 30.3 Å². The summed E-state index contributed by atoms with van der Waals surface area (Å²) in [6, 6.07) is 0. The highest BCUT2D eigenvalue weighted by Gasteiger charge is 2.90. The van der Waals surface area contributed by atoms with Crippen LogP contribution in [0.3, 0.4) is 0 Å². The van der Waals surface area contributed by atoms with E-state index in [0.717, 1.165) is 0 Å². The van der Waals surface area contributed by atoms with Crippen molar-refractivity contribution in [2.45, 2.75) is 67.3 Å². The van der Waals surface area contributed by atoms with E-state index >= 15 is 0 Å². The summed E-state index contributed by atoms with van der Waals surface area (Å²) < 4.78 is 69.1. The van der Waals surface area contributed by atoms with E-state index in [-0.39, 0.29) is 20.8 Å². The molecule has 0 spiro atoms. The van der Waals surface area contributed by atoms with Crippen LogP contribution in [0.5, 0.6) is 0 Å². The normalized spacial score (nSPS) is 37.7. The van der Waals surface area contributed by atoms with Gasteiger partial charge in [-0.3, -0.25) is 19.2 Å². The Morgan fingerprint density at radius 1 is 0.903 bits per heavy atom. The topological polar surface area (TPSA) is 213 Å². The molecular formula is C15H19F3O12S. The summed E-state index contributed by atoms with van der Waals surface area (Å²) in [4.78, 5) is 42.6. The van der Waals surface area contributed by atoms with Crippen LogP contribution in [0.1, 0.15) is 27.7 Å². The Morgan fingerprint density at radius 2 is 1.32 bits per heavy atom. The molecule has 1 saturated heterocycles. The van der Waals surface area contributed by atoms with E-state index in [0.29, 0.717) is 6.92 Å². The molecule has 178 valence electrons. The van der Waals surface area contributed by atoms with Crippen LogP contribution in [0.25, 0.3) is 0 Å². The molecule has 0 radical (unpaired) electrons. The van der Waals surface area contributed by atoms with Crippen LogP contribution in [0.2, 0.25) is 0 Å². The molecule has 6 atom stereocenters. The molecule has 1 fully saturated rings. The number of carbonyl (C=O) groups is 4. The van der Waals surface area contributed by atoms with Gasteiger partial charge in [-0.15, -0.1) is 0 Å². The van der Waals surface area contributed by atoms with Gasteiger partial charge in [0.1, 0.15) is 12.2 Å². The van der Waals surface area contributed by atoms with Gasteiger partial charge in [0.25, 0.3) is 20.6 Å². The minimum Gasteiger partial charge on any atom is -0.382 e. The first-order valence-corrected chi connectivity index (χ1v) is 9.61. The number of Topliss-reactive ketones (excluding diaryl/α,β-unsaturated/α-hetero) is 4. The molecule has 0 aliphatic carbocycles. The standard InChI is InChI=1S/C15H19F3O12S/c1-5(19)9(23)10-11(24,6(2)20)12(25,7(3)21)14(27,13(26,30-10)8(4)22)31(28,29)15(16,17)18/h9-10,23-27H,1-4H3/t9?,10-,11+,12+,13?,14+/m1/s1. The average molecular weight is 480 g/mol. The van der Waals surface area contributed by atoms with Crippen LogP contribution >= 0.6 is 0 Å². The minimum absolute atomic E-state index is 0.105. The number of hydrogen-bond acceptors (Lipinski definition) is 12. The van der Waals surface area contributed by atoms with Crippen LogP contribution < -0.4 is 0 Å². The number of alkyl halides is 3. The van der Waals surface area contributed by atoms with Crippen molar-refractivity contribution >= 4 is 33.0 Å². The minimum atomic E-state index is -7.47. The first-order chi connectivity index (χ1) is 13.5. The number of ketones is 4. The van der Waals surface area contributed by atoms with Gasteiger partial charge in [0.2, 0.25) is 5.60 Å². The third-order valence-electron chi connectivity index (χ3n) is 5.13. The van der Waals surface area contributed by atoms with E-state index in [4.69, 9.17) is 0 Å². The Morgan fingerprint density at radius 3 is 1.58 bits per heavy atom. The molecule has 16 heteroatoms. The number of aliphatic hydroxyl groups excluding tert-OH is 1. The van der Waals surface area contributed by atoms with E-state index in [1.54, 1.807) is 0 Å². The number of rotatable bonds is 6. The molecule has 1 aliphatic heterocycles. The summed E-state index contributed by atoms with van der Waals surface area (Å²) in [6.07, 6.45) is -5.90. The molecule has 1 rings (SSSR count). The van der Waals surface area contributed by atoms with Gasteiger partial charge in [-0.25, -0.2) is 8.42 Å². The number of ether oxygens (including phenoxy) is 1. The summed E-state index contributed by atoms with van der Waals surface area (Å²) in [5.41, 5.74) is -15.8. The van der Waals surface area contributed by atoms with Crippen LogP contribution in [0.15, 0.2) is 0 Å². The summed E-state index contributed by atoms with van der Waals surface area (Å²) in [5.74, 6) is -12.6. The number of halogens is 3. The van der Waals surface area contributed by atoms with E-state index < -0.39 is 72.6 Å². The van der Waals surface area contributed by atoms with Crippen molar-refractivity contribution in [3.8, 4) is 0 Å². The Bertz CT molecular complexity index is 945. The van der Waals surface area contributed by atoms with Crippen molar-refractivity contribution in [3.63, 3.8) is 0 Å². The zero-order valence-electron chi connectivity index (χ0n) is 16.3. The first-order valence-electron chi connectivity index (χ1n) is 8.13. The van der Waals surface area contributed by atoms with E-state index in [2.05, 4.69) is 4.74 Å². The molecule has 5 N–H and O–H groups in total. The lowest BCUT2D eigenvalue weighted by molar-refractivity contribution is -0.385. The molecule has 31 heavy (non-hydrogen) atoms. The zero-order chi connectivity index (χ0) is 25.2. The summed E-state index contributed by atoms with van der Waals surface area (Å²) in [6.45, 7) is 1.11. The Labute approximate surface area is 172 Å². The molecule has 0 aromatic carbocycles. The molecular weight excluding hydrogens is 461 g/mol. The maximum absolute atomic E-state index is 13.4. The smallest absolute Gasteiger partial charge is 0.382 e. The van der Waals surface area contributed by atoms with Crippen molar-refractivity contribution in [2.75, 3.05) is 0 Å². The van der Waals surface area contributed by atoms with E-state index in [1.807, 2.05) is 0 Å². The lowest BCUT2D eigenvalue weighted by Gasteiger charge is -2.60. The molecule has 0 bridgehead atoms. The molecule has 1 aliphatic rings. The van der Waals surface area contributed by atoms with Crippen LogP contribution in [0.4, 0.5) is 13.2 Å². The monoisotopic (exact) mass is 480 g/mol. The van der Waals surface area contributed by atoms with Gasteiger partial charge in [-0.2, -0.15) is 13.2 Å². The highest BCUT2D eigenvalue weighted by molar-refractivity contribution is 7.93. The molecule has 0 saturated carbocycles. The molecule has 0 amide bonds. The Balaban J connectivity index is 4.43. The predicted octanol–water partition coefficient (Wildman–Crippen LogP) is -3.12. The quantitative estimate of drug-likeness (QED) is 0.255. The van der Waals surface area contributed by atoms with Crippen molar-refractivity contribution < 1.29 is 71.0 Å². The largest absolute Gasteiger partial charge is 0.500 e. The summed E-state index contributed by atoms with van der Waals surface area (Å²) in [5, 5.41) is 52.9. The Kier molecular flexibility index (Phi) is 6.46. The molecule has 1 heterocycles. The lowest BCUT2D eigenvalue weighted by Crippen LogP contribution is -2.92. The molecule has 2 unspecified atom stereocenters. The van der Waals surface area contributed by atoms with Crippen LogP contribution in [-0.2, 0) is 33.8 Å². The highest BCUT2D eigenvalue weighted by atomic mass is 32.2. The van der Waals surface area contributed by atoms with Gasteiger partial charge >= 0.3 is 5.51 Å². The third-order valence-corrected chi connectivity index (χ3v) is 7.09. The molecule has 0 aromatic rings. The number of sulfone groups is 1. The molecule has 0 aromatic heterocycles. The highest BCUT2D eigenvalue weighted by Crippen LogP contribution is 2.56. The second-order valence-corrected chi connectivity index (χ2v) is 9.04. The fourth-order valence-corrected chi connectivity index (χ4v) is 4.97.